The Morgan fingerprint density at radius 2 is 0.606 bits per heavy atom. The summed E-state index contributed by atoms with van der Waals surface area (Å²) in [4.78, 5) is 34.4. The molecule has 0 aliphatic heterocycles. The van der Waals surface area contributed by atoms with Crippen molar-refractivity contribution in [3.05, 3.63) is 119 Å². The number of nitrogens with zero attached hydrogens (tertiary/aromatic N) is 2. The maximum Gasteiger partial charge on any atom is 0.338 e. The summed E-state index contributed by atoms with van der Waals surface area (Å²) in [6, 6.07) is 30.2. The molecule has 8 heteroatoms. The molecule has 0 unspecified atom stereocenters. The van der Waals surface area contributed by atoms with Gasteiger partial charge in [0.05, 0.1) is 48.9 Å². The molecule has 0 aromatic heterocycles. The number of hydrogen-bond donors (Lipinski definition) is 0. The zero-order chi connectivity index (χ0) is 50.1. The fourth-order valence-corrected chi connectivity index (χ4v) is 8.46. The van der Waals surface area contributed by atoms with Crippen LogP contribution in [0.3, 0.4) is 0 Å². The van der Waals surface area contributed by atoms with Crippen LogP contribution in [0.2, 0.25) is 0 Å². The van der Waals surface area contributed by atoms with Crippen molar-refractivity contribution in [1.29, 1.82) is 0 Å². The van der Waals surface area contributed by atoms with E-state index in [4.69, 9.17) is 18.9 Å². The third-order valence-corrected chi connectivity index (χ3v) is 13.0. The van der Waals surface area contributed by atoms with E-state index in [0.29, 0.717) is 37.2 Å². The van der Waals surface area contributed by atoms with Crippen molar-refractivity contribution in [2.24, 2.45) is 9.98 Å². The second kappa shape index (κ2) is 39.4. The summed E-state index contributed by atoms with van der Waals surface area (Å²) in [7, 11) is 0. The predicted octanol–water partition coefficient (Wildman–Crippen LogP) is 18.3. The largest absolute Gasteiger partial charge is 0.494 e. The van der Waals surface area contributed by atoms with Gasteiger partial charge in [-0.3, -0.25) is 9.98 Å². The molecule has 0 saturated carbocycles. The van der Waals surface area contributed by atoms with Gasteiger partial charge in [0.15, 0.2) is 0 Å². The Balaban J connectivity index is 0.970. The van der Waals surface area contributed by atoms with Gasteiger partial charge >= 0.3 is 11.9 Å². The first-order chi connectivity index (χ1) is 35.0. The average molecular weight is 971 g/mol. The lowest BCUT2D eigenvalue weighted by Gasteiger charge is -2.07. The van der Waals surface area contributed by atoms with Gasteiger partial charge in [0.1, 0.15) is 11.5 Å². The highest BCUT2D eigenvalue weighted by Gasteiger charge is 2.09. The highest BCUT2D eigenvalue weighted by molar-refractivity contribution is 5.92. The fraction of sp³-hybridized carbons (Fsp3) is 0.556. The molecule has 0 N–H and O–H groups in total. The highest BCUT2D eigenvalue weighted by Crippen LogP contribution is 2.21. The molecule has 4 aromatic carbocycles. The van der Waals surface area contributed by atoms with E-state index in [1.54, 1.807) is 36.7 Å². The van der Waals surface area contributed by atoms with Crippen LogP contribution in [0.1, 0.15) is 232 Å². The lowest BCUT2D eigenvalue weighted by atomic mass is 10.0. The van der Waals surface area contributed by atoms with Crippen LogP contribution in [0.15, 0.2) is 107 Å². The van der Waals surface area contributed by atoms with Crippen molar-refractivity contribution < 1.29 is 28.5 Å². The molecule has 8 nitrogen and oxygen atoms in total. The van der Waals surface area contributed by atoms with Gasteiger partial charge in [-0.2, -0.15) is 0 Å². The van der Waals surface area contributed by atoms with Crippen molar-refractivity contribution in [2.75, 3.05) is 26.4 Å². The van der Waals surface area contributed by atoms with Crippen molar-refractivity contribution in [1.82, 2.24) is 0 Å². The molecule has 0 heterocycles. The van der Waals surface area contributed by atoms with E-state index < -0.39 is 0 Å². The van der Waals surface area contributed by atoms with Crippen LogP contribution in [-0.4, -0.2) is 50.8 Å². The minimum absolute atomic E-state index is 0.301. The highest BCUT2D eigenvalue weighted by atomic mass is 16.5. The van der Waals surface area contributed by atoms with Gasteiger partial charge in [-0.05, 0) is 116 Å². The number of ether oxygens (including phenoxy) is 4. The zero-order valence-corrected chi connectivity index (χ0v) is 44.1. The molecule has 71 heavy (non-hydrogen) atoms. The van der Waals surface area contributed by atoms with Gasteiger partial charge in [-0.15, -0.1) is 0 Å². The molecular formula is C63H90N2O6. The Hall–Kier alpha value is -5.24. The van der Waals surface area contributed by atoms with E-state index in [1.807, 2.05) is 72.8 Å². The van der Waals surface area contributed by atoms with E-state index in [9.17, 15) is 9.59 Å². The fourth-order valence-electron chi connectivity index (χ4n) is 8.46. The van der Waals surface area contributed by atoms with Gasteiger partial charge in [0.2, 0.25) is 0 Å². The summed E-state index contributed by atoms with van der Waals surface area (Å²) >= 11 is 0. The number of hydrogen-bond acceptors (Lipinski definition) is 8. The first-order valence-electron chi connectivity index (χ1n) is 28.1. The molecule has 4 rings (SSSR count). The second-order valence-corrected chi connectivity index (χ2v) is 19.3. The van der Waals surface area contributed by atoms with Crippen LogP contribution in [0.4, 0.5) is 11.4 Å². The molecule has 0 spiro atoms. The summed E-state index contributed by atoms with van der Waals surface area (Å²) in [5.41, 5.74) is 4.44. The Kier molecular flexibility index (Phi) is 32.4. The molecular weight excluding hydrogens is 881 g/mol. The molecule has 0 amide bonds. The van der Waals surface area contributed by atoms with Gasteiger partial charge in [-0.1, -0.05) is 192 Å². The first kappa shape index (κ1) is 58.3. The number of carbonyl (C=O) groups excluding carboxylic acids is 2. The molecule has 0 aliphatic carbocycles. The first-order valence-corrected chi connectivity index (χ1v) is 28.1. The van der Waals surface area contributed by atoms with Gasteiger partial charge < -0.3 is 18.9 Å². The number of rotatable bonds is 42. The quantitative estimate of drug-likeness (QED) is 0.0249. The van der Waals surface area contributed by atoms with E-state index in [2.05, 4.69) is 23.8 Å². The summed E-state index contributed by atoms with van der Waals surface area (Å²) < 4.78 is 22.9. The summed E-state index contributed by atoms with van der Waals surface area (Å²) in [6.45, 7) is 6.65. The summed E-state index contributed by atoms with van der Waals surface area (Å²) in [5.74, 6) is 1.02. The van der Waals surface area contributed by atoms with Crippen LogP contribution in [0, 0.1) is 0 Å². The molecule has 0 atom stereocenters. The molecule has 0 aliphatic rings. The third kappa shape index (κ3) is 28.4. The second-order valence-electron chi connectivity index (χ2n) is 19.3. The van der Waals surface area contributed by atoms with E-state index in [-0.39, 0.29) is 11.9 Å². The number of carbonyl (C=O) groups is 2. The maximum absolute atomic E-state index is 12.6. The van der Waals surface area contributed by atoms with Crippen molar-refractivity contribution in [2.45, 2.75) is 200 Å². The van der Waals surface area contributed by atoms with Gasteiger partial charge in [0, 0.05) is 12.4 Å². The van der Waals surface area contributed by atoms with E-state index in [1.165, 1.54) is 154 Å². The lowest BCUT2D eigenvalue weighted by molar-refractivity contribution is 0.0478. The SMILES string of the molecule is CCCCCCCCCCCCCCCOc1ccc(N=Cc2ccc(C(=O)OCCCCCOC(=O)c3ccc(C=Nc4ccc(OCCCCCCCCCCCCCCC)cc4)cc3)cc2)cc1. The van der Waals surface area contributed by atoms with Gasteiger partial charge in [0.25, 0.3) is 0 Å². The molecule has 0 radical (unpaired) electrons. The number of unbranched alkanes of at least 4 members (excludes halogenated alkanes) is 26. The van der Waals surface area contributed by atoms with Crippen molar-refractivity contribution in [3.8, 4) is 11.5 Å². The maximum atomic E-state index is 12.6. The molecule has 0 fully saturated rings. The Labute approximate surface area is 429 Å². The van der Waals surface area contributed by atoms with Crippen LogP contribution < -0.4 is 9.47 Å². The topological polar surface area (TPSA) is 95.8 Å². The molecule has 0 bridgehead atoms. The zero-order valence-electron chi connectivity index (χ0n) is 44.1. The number of aliphatic imine (C=N–C) groups is 2. The van der Waals surface area contributed by atoms with Gasteiger partial charge in [-0.25, -0.2) is 9.59 Å². The normalized spacial score (nSPS) is 11.4. The minimum atomic E-state index is -0.360. The third-order valence-electron chi connectivity index (χ3n) is 13.0. The smallest absolute Gasteiger partial charge is 0.338 e. The van der Waals surface area contributed by atoms with Crippen LogP contribution in [0.5, 0.6) is 11.5 Å². The number of esters is 2. The van der Waals surface area contributed by atoms with Crippen LogP contribution >= 0.6 is 0 Å². The monoisotopic (exact) mass is 971 g/mol. The molecule has 4 aromatic rings. The summed E-state index contributed by atoms with van der Waals surface area (Å²) in [5, 5.41) is 0. The summed E-state index contributed by atoms with van der Waals surface area (Å²) in [6.07, 6.45) is 40.6. The Morgan fingerprint density at radius 3 is 0.915 bits per heavy atom. The van der Waals surface area contributed by atoms with E-state index in [0.717, 1.165) is 66.5 Å². The minimum Gasteiger partial charge on any atom is -0.494 e. The number of benzene rings is 4. The Bertz CT molecular complexity index is 1850. The lowest BCUT2D eigenvalue weighted by Crippen LogP contribution is -2.08. The molecule has 388 valence electrons. The predicted molar refractivity (Wildman–Crippen MR) is 297 cm³/mol. The Morgan fingerprint density at radius 1 is 0.338 bits per heavy atom. The van der Waals surface area contributed by atoms with Crippen LogP contribution in [-0.2, 0) is 9.47 Å². The average Bonchev–Trinajstić information content (AvgIpc) is 3.40. The van der Waals surface area contributed by atoms with Crippen LogP contribution in [0.25, 0.3) is 0 Å². The molecule has 0 saturated heterocycles. The van der Waals surface area contributed by atoms with E-state index >= 15 is 0 Å². The van der Waals surface area contributed by atoms with Crippen molar-refractivity contribution in [3.63, 3.8) is 0 Å². The van der Waals surface area contributed by atoms with Crippen molar-refractivity contribution >= 4 is 35.7 Å². The standard InChI is InChI=1S/C63H90N2O6/c1-3-5-7-9-11-13-15-17-19-21-23-25-28-48-68-60-44-40-58(41-45-60)64-52-54-32-36-56(37-33-54)62(66)70-50-30-27-31-51-71-63(67)57-38-34-55(35-39-57)53-65-59-42-46-61(47-43-59)69-49-29-26-24-22-20-18-16-14-12-10-8-6-4-2/h32-47,52-53H,3-31,48-51H2,1-2H3.